The Hall–Kier alpha value is -1.06. The summed E-state index contributed by atoms with van der Waals surface area (Å²) >= 11 is 0. The molecule has 3 rings (SSSR count). The topological polar surface area (TPSA) is 38.5 Å². The third-order valence-electron chi connectivity index (χ3n) is 4.79. The number of hydrogen-bond acceptors (Lipinski definition) is 3. The Balaban J connectivity index is 1.51. The number of nitrogens with zero attached hydrogens (tertiary/aromatic N) is 1. The number of nitrogen functional groups attached to an aromatic ring is 1. The van der Waals surface area contributed by atoms with E-state index in [1.54, 1.807) is 0 Å². The van der Waals surface area contributed by atoms with E-state index < -0.39 is 0 Å². The van der Waals surface area contributed by atoms with Gasteiger partial charge in [0.2, 0.25) is 0 Å². The molecule has 0 amide bonds. The maximum atomic E-state index is 6.01. The summed E-state index contributed by atoms with van der Waals surface area (Å²) in [5.41, 5.74) is 8.24. The molecule has 0 bridgehead atoms. The second kappa shape index (κ2) is 6.59. The molecule has 2 unspecified atom stereocenters. The van der Waals surface area contributed by atoms with E-state index in [-0.39, 0.29) is 0 Å². The third-order valence-corrected chi connectivity index (χ3v) is 4.79. The third kappa shape index (κ3) is 3.15. The van der Waals surface area contributed by atoms with Crippen LogP contribution in [0.1, 0.15) is 37.7 Å². The Labute approximate surface area is 122 Å². The van der Waals surface area contributed by atoms with Gasteiger partial charge in [0.1, 0.15) is 0 Å². The molecule has 1 saturated carbocycles. The average Bonchev–Trinajstić information content (AvgIpc) is 2.49. The van der Waals surface area contributed by atoms with E-state index in [1.807, 2.05) is 12.1 Å². The van der Waals surface area contributed by atoms with Crippen molar-refractivity contribution < 1.29 is 4.74 Å². The molecule has 1 heterocycles. The van der Waals surface area contributed by atoms with E-state index in [4.69, 9.17) is 10.5 Å². The summed E-state index contributed by atoms with van der Waals surface area (Å²) in [6.07, 6.45) is 8.06. The molecular formula is C17H26N2O. The van der Waals surface area contributed by atoms with Crippen molar-refractivity contribution in [3.8, 4) is 0 Å². The van der Waals surface area contributed by atoms with Gasteiger partial charge in [-0.1, -0.05) is 31.0 Å². The molecule has 0 spiro atoms. The van der Waals surface area contributed by atoms with Crippen LogP contribution in [0.4, 0.5) is 5.69 Å². The lowest BCUT2D eigenvalue weighted by atomic mass is 9.90. The summed E-state index contributed by atoms with van der Waals surface area (Å²) in [6, 6.07) is 8.91. The quantitative estimate of drug-likeness (QED) is 0.858. The molecule has 2 fully saturated rings. The van der Waals surface area contributed by atoms with Crippen molar-refractivity contribution in [2.45, 2.75) is 50.7 Å². The number of ether oxygens (including phenoxy) is 1. The predicted octanol–water partition coefficient (Wildman–Crippen LogP) is 2.84. The van der Waals surface area contributed by atoms with Crippen molar-refractivity contribution in [3.63, 3.8) is 0 Å². The number of para-hydroxylation sites is 1. The van der Waals surface area contributed by atoms with E-state index in [1.165, 1.54) is 44.2 Å². The van der Waals surface area contributed by atoms with Gasteiger partial charge in [0.05, 0.1) is 12.7 Å². The minimum Gasteiger partial charge on any atom is -0.399 e. The van der Waals surface area contributed by atoms with Crippen molar-refractivity contribution in [1.82, 2.24) is 4.90 Å². The summed E-state index contributed by atoms with van der Waals surface area (Å²) in [5.74, 6) is 0. The zero-order valence-corrected chi connectivity index (χ0v) is 12.3. The van der Waals surface area contributed by atoms with Crippen LogP contribution in [-0.4, -0.2) is 36.7 Å². The first-order valence-corrected chi connectivity index (χ1v) is 8.03. The summed E-state index contributed by atoms with van der Waals surface area (Å²) in [5, 5.41) is 0. The zero-order chi connectivity index (χ0) is 13.8. The maximum absolute atomic E-state index is 6.01. The van der Waals surface area contributed by atoms with Crippen LogP contribution in [-0.2, 0) is 11.2 Å². The van der Waals surface area contributed by atoms with E-state index in [0.29, 0.717) is 12.1 Å². The highest BCUT2D eigenvalue weighted by molar-refractivity contribution is 5.46. The van der Waals surface area contributed by atoms with Crippen LogP contribution in [0, 0.1) is 0 Å². The molecule has 110 valence electrons. The average molecular weight is 274 g/mol. The first kappa shape index (κ1) is 13.9. The summed E-state index contributed by atoms with van der Waals surface area (Å²) < 4.78 is 5.93. The smallest absolute Gasteiger partial charge is 0.0730 e. The van der Waals surface area contributed by atoms with Crippen LogP contribution >= 0.6 is 0 Å². The van der Waals surface area contributed by atoms with Crippen LogP contribution in [0.5, 0.6) is 0 Å². The molecule has 2 N–H and O–H groups in total. The Bertz CT molecular complexity index is 433. The van der Waals surface area contributed by atoms with E-state index in [2.05, 4.69) is 17.0 Å². The molecule has 20 heavy (non-hydrogen) atoms. The second-order valence-corrected chi connectivity index (χ2v) is 6.10. The van der Waals surface area contributed by atoms with Gasteiger partial charge in [0.25, 0.3) is 0 Å². The Morgan fingerprint density at radius 2 is 2.05 bits per heavy atom. The summed E-state index contributed by atoms with van der Waals surface area (Å²) in [6.45, 7) is 3.19. The van der Waals surface area contributed by atoms with Gasteiger partial charge in [0, 0.05) is 18.3 Å². The van der Waals surface area contributed by atoms with Crippen LogP contribution < -0.4 is 5.73 Å². The van der Waals surface area contributed by atoms with Gasteiger partial charge in [-0.2, -0.15) is 0 Å². The molecule has 1 aliphatic carbocycles. The lowest BCUT2D eigenvalue weighted by Gasteiger charge is -2.44. The molecular weight excluding hydrogens is 248 g/mol. The molecule has 3 heteroatoms. The monoisotopic (exact) mass is 274 g/mol. The standard InChI is InChI=1S/C17H26N2O/c18-15-8-2-1-6-14(15)7-5-11-19-12-13-20-17-10-4-3-9-16(17)19/h1-2,6,8,16-17H,3-5,7,9-13,18H2. The first-order chi connectivity index (χ1) is 9.84. The van der Waals surface area contributed by atoms with Gasteiger partial charge in [-0.05, 0) is 43.9 Å². The normalized spacial score (nSPS) is 27.2. The summed E-state index contributed by atoms with van der Waals surface area (Å²) in [7, 11) is 0. The lowest BCUT2D eigenvalue weighted by Crippen LogP contribution is -2.52. The van der Waals surface area contributed by atoms with Crippen molar-refractivity contribution in [1.29, 1.82) is 0 Å². The first-order valence-electron chi connectivity index (χ1n) is 8.03. The van der Waals surface area contributed by atoms with Gasteiger partial charge >= 0.3 is 0 Å². The fourth-order valence-electron chi connectivity index (χ4n) is 3.69. The zero-order valence-electron chi connectivity index (χ0n) is 12.3. The van der Waals surface area contributed by atoms with Gasteiger partial charge in [-0.15, -0.1) is 0 Å². The van der Waals surface area contributed by atoms with Crippen molar-refractivity contribution in [2.24, 2.45) is 0 Å². The maximum Gasteiger partial charge on any atom is 0.0730 e. The van der Waals surface area contributed by atoms with E-state index in [9.17, 15) is 0 Å². The largest absolute Gasteiger partial charge is 0.399 e. The Kier molecular flexibility index (Phi) is 4.58. The molecule has 1 aromatic carbocycles. The lowest BCUT2D eigenvalue weighted by molar-refractivity contribution is -0.0881. The van der Waals surface area contributed by atoms with Crippen molar-refractivity contribution >= 4 is 5.69 Å². The predicted molar refractivity (Wildman–Crippen MR) is 82.7 cm³/mol. The number of fused-ring (bicyclic) bond motifs is 1. The minimum atomic E-state index is 0.499. The molecule has 1 aliphatic heterocycles. The second-order valence-electron chi connectivity index (χ2n) is 6.10. The highest BCUT2D eigenvalue weighted by Crippen LogP contribution is 2.28. The fourth-order valence-corrected chi connectivity index (χ4v) is 3.69. The van der Waals surface area contributed by atoms with Gasteiger partial charge in [-0.3, -0.25) is 4.90 Å². The Morgan fingerprint density at radius 3 is 2.95 bits per heavy atom. The Morgan fingerprint density at radius 1 is 1.20 bits per heavy atom. The fraction of sp³-hybridized carbons (Fsp3) is 0.647. The number of morpholine rings is 1. The number of nitrogens with two attached hydrogens (primary N) is 1. The van der Waals surface area contributed by atoms with Gasteiger partial charge in [0.15, 0.2) is 0 Å². The number of rotatable bonds is 4. The van der Waals surface area contributed by atoms with Crippen LogP contribution in [0.15, 0.2) is 24.3 Å². The molecule has 3 nitrogen and oxygen atoms in total. The summed E-state index contributed by atoms with van der Waals surface area (Å²) in [4.78, 5) is 2.66. The van der Waals surface area contributed by atoms with Crippen LogP contribution in [0.3, 0.4) is 0 Å². The minimum absolute atomic E-state index is 0.499. The molecule has 2 aliphatic rings. The van der Waals surface area contributed by atoms with Gasteiger partial charge in [-0.25, -0.2) is 0 Å². The van der Waals surface area contributed by atoms with Crippen LogP contribution in [0.25, 0.3) is 0 Å². The molecule has 1 aromatic rings. The molecule has 2 atom stereocenters. The number of anilines is 1. The number of aryl methyl sites for hydroxylation is 1. The molecule has 1 saturated heterocycles. The van der Waals surface area contributed by atoms with E-state index in [0.717, 1.165) is 25.3 Å². The molecule has 0 radical (unpaired) electrons. The van der Waals surface area contributed by atoms with Gasteiger partial charge < -0.3 is 10.5 Å². The van der Waals surface area contributed by atoms with E-state index >= 15 is 0 Å². The highest BCUT2D eigenvalue weighted by Gasteiger charge is 2.33. The van der Waals surface area contributed by atoms with Crippen molar-refractivity contribution in [3.05, 3.63) is 29.8 Å². The highest BCUT2D eigenvalue weighted by atomic mass is 16.5. The molecule has 0 aromatic heterocycles. The SMILES string of the molecule is Nc1ccccc1CCCN1CCOC2CCCCC21. The van der Waals surface area contributed by atoms with Crippen LogP contribution in [0.2, 0.25) is 0 Å². The number of hydrogen-bond donors (Lipinski definition) is 1. The number of benzene rings is 1. The van der Waals surface area contributed by atoms with Crippen molar-refractivity contribution in [2.75, 3.05) is 25.4 Å².